The van der Waals surface area contributed by atoms with Crippen LogP contribution in [0.4, 0.5) is 0 Å². The molecule has 32 heavy (non-hydrogen) atoms. The molecule has 2 fully saturated rings. The Kier molecular flexibility index (Phi) is 9.09. The number of ether oxygens (including phenoxy) is 3. The molecule has 1 aromatic rings. The van der Waals surface area contributed by atoms with E-state index in [0.29, 0.717) is 29.6 Å². The van der Waals surface area contributed by atoms with Gasteiger partial charge in [-0.2, -0.15) is 0 Å². The fourth-order valence-corrected chi connectivity index (χ4v) is 6.03. The quantitative estimate of drug-likeness (QED) is 0.360. The molecular weight excluding hydrogens is 396 g/mol. The minimum Gasteiger partial charge on any atom is -0.465 e. The van der Waals surface area contributed by atoms with Crippen molar-refractivity contribution in [2.45, 2.75) is 130 Å². The van der Waals surface area contributed by atoms with Crippen LogP contribution >= 0.6 is 0 Å². The van der Waals surface area contributed by atoms with Gasteiger partial charge in [0.15, 0.2) is 6.29 Å². The van der Waals surface area contributed by atoms with Crippen molar-refractivity contribution >= 4 is 0 Å². The van der Waals surface area contributed by atoms with Crippen LogP contribution in [-0.2, 0) is 9.47 Å². The molecule has 0 spiro atoms. The molecule has 3 nitrogen and oxygen atoms in total. The van der Waals surface area contributed by atoms with Gasteiger partial charge in [-0.3, -0.25) is 0 Å². The summed E-state index contributed by atoms with van der Waals surface area (Å²) in [5.41, 5.74) is 1.75. The van der Waals surface area contributed by atoms with Crippen molar-refractivity contribution in [3.63, 3.8) is 0 Å². The molecule has 182 valence electrons. The van der Waals surface area contributed by atoms with Crippen molar-refractivity contribution in [3.8, 4) is 5.75 Å². The van der Waals surface area contributed by atoms with Crippen LogP contribution < -0.4 is 4.74 Å². The molecule has 0 saturated heterocycles. The highest BCUT2D eigenvalue weighted by Crippen LogP contribution is 2.49. The Morgan fingerprint density at radius 3 is 1.59 bits per heavy atom. The van der Waals surface area contributed by atoms with Crippen LogP contribution in [0.25, 0.3) is 0 Å². The smallest absolute Gasteiger partial charge is 0.197 e. The summed E-state index contributed by atoms with van der Waals surface area (Å²) >= 11 is 0. The fourth-order valence-electron chi connectivity index (χ4n) is 6.03. The van der Waals surface area contributed by atoms with Gasteiger partial charge >= 0.3 is 0 Å². The van der Waals surface area contributed by atoms with Crippen molar-refractivity contribution in [2.75, 3.05) is 0 Å². The van der Waals surface area contributed by atoms with Gasteiger partial charge in [0.25, 0.3) is 0 Å². The lowest BCUT2D eigenvalue weighted by molar-refractivity contribution is -0.126. The Balaban J connectivity index is 1.42. The lowest BCUT2D eigenvalue weighted by Crippen LogP contribution is -2.39. The average molecular weight is 445 g/mol. The van der Waals surface area contributed by atoms with Crippen LogP contribution in [-0.4, -0.2) is 24.6 Å². The maximum absolute atomic E-state index is 6.29. The largest absolute Gasteiger partial charge is 0.465 e. The molecule has 0 heterocycles. The minimum atomic E-state index is -0.203. The highest BCUT2D eigenvalue weighted by atomic mass is 16.7. The first kappa shape index (κ1) is 25.6. The second kappa shape index (κ2) is 11.4. The van der Waals surface area contributed by atoms with Gasteiger partial charge in [0.1, 0.15) is 5.75 Å². The molecule has 0 amide bonds. The third-order valence-corrected chi connectivity index (χ3v) is 8.15. The van der Waals surface area contributed by atoms with E-state index < -0.39 is 0 Å². The van der Waals surface area contributed by atoms with Crippen LogP contribution in [0.1, 0.15) is 111 Å². The summed E-state index contributed by atoms with van der Waals surface area (Å²) in [7, 11) is 0. The maximum Gasteiger partial charge on any atom is 0.197 e. The van der Waals surface area contributed by atoms with E-state index in [4.69, 9.17) is 14.2 Å². The summed E-state index contributed by atoms with van der Waals surface area (Å²) in [4.78, 5) is 0. The summed E-state index contributed by atoms with van der Waals surface area (Å²) in [5.74, 6) is 3.07. The first-order chi connectivity index (χ1) is 15.1. The molecule has 3 heteroatoms. The molecule has 2 saturated carbocycles. The van der Waals surface area contributed by atoms with Gasteiger partial charge in [-0.25, -0.2) is 0 Å². The Bertz CT molecular complexity index is 662. The van der Waals surface area contributed by atoms with Crippen molar-refractivity contribution in [1.29, 1.82) is 0 Å². The predicted molar refractivity (Wildman–Crippen MR) is 133 cm³/mol. The second-order valence-electron chi connectivity index (χ2n) is 11.5. The number of benzene rings is 1. The van der Waals surface area contributed by atoms with Crippen LogP contribution in [0, 0.1) is 17.3 Å². The van der Waals surface area contributed by atoms with Gasteiger partial charge in [-0.1, -0.05) is 39.8 Å². The molecule has 0 aliphatic heterocycles. The Labute approximate surface area is 197 Å². The fraction of sp³-hybridized carbons (Fsp3) is 0.793. The molecule has 0 aromatic heterocycles. The number of hydrogen-bond acceptors (Lipinski definition) is 3. The zero-order valence-corrected chi connectivity index (χ0v) is 21.7. The van der Waals surface area contributed by atoms with E-state index >= 15 is 0 Å². The van der Waals surface area contributed by atoms with E-state index in [1.54, 1.807) is 0 Å². The van der Waals surface area contributed by atoms with Gasteiger partial charge in [0, 0.05) is 0 Å². The molecule has 1 aromatic carbocycles. The lowest BCUT2D eigenvalue weighted by Gasteiger charge is -2.47. The molecule has 0 bridgehead atoms. The van der Waals surface area contributed by atoms with Crippen LogP contribution in [0.5, 0.6) is 5.75 Å². The summed E-state index contributed by atoms with van der Waals surface area (Å²) in [6.07, 6.45) is 10.9. The van der Waals surface area contributed by atoms with Crippen LogP contribution in [0.3, 0.4) is 0 Å². The first-order valence-electron chi connectivity index (χ1n) is 13.2. The molecular formula is C29H48O3. The van der Waals surface area contributed by atoms with E-state index in [1.165, 1.54) is 44.1 Å². The second-order valence-corrected chi connectivity index (χ2v) is 11.5. The highest BCUT2D eigenvalue weighted by molar-refractivity contribution is 5.28. The third-order valence-electron chi connectivity index (χ3n) is 8.15. The summed E-state index contributed by atoms with van der Waals surface area (Å²) < 4.78 is 18.4. The van der Waals surface area contributed by atoms with Crippen molar-refractivity contribution in [2.24, 2.45) is 17.3 Å². The van der Waals surface area contributed by atoms with E-state index in [2.05, 4.69) is 65.8 Å². The van der Waals surface area contributed by atoms with Crippen molar-refractivity contribution in [3.05, 3.63) is 29.8 Å². The van der Waals surface area contributed by atoms with Gasteiger partial charge in [-0.05, 0) is 113 Å². The van der Waals surface area contributed by atoms with Gasteiger partial charge in [-0.15, -0.1) is 0 Å². The van der Waals surface area contributed by atoms with E-state index in [9.17, 15) is 0 Å². The molecule has 2 aliphatic rings. The Morgan fingerprint density at radius 2 is 1.16 bits per heavy atom. The summed E-state index contributed by atoms with van der Waals surface area (Å²) in [6, 6.07) is 8.44. The van der Waals surface area contributed by atoms with E-state index in [0.717, 1.165) is 30.4 Å². The normalized spacial score (nSPS) is 28.2. The summed E-state index contributed by atoms with van der Waals surface area (Å²) in [5, 5.41) is 0. The van der Waals surface area contributed by atoms with Crippen LogP contribution in [0.15, 0.2) is 24.3 Å². The topological polar surface area (TPSA) is 27.7 Å². The maximum atomic E-state index is 6.29. The third kappa shape index (κ3) is 6.97. The molecule has 1 atom stereocenters. The van der Waals surface area contributed by atoms with Crippen molar-refractivity contribution < 1.29 is 14.2 Å². The van der Waals surface area contributed by atoms with Crippen molar-refractivity contribution in [1.82, 2.24) is 0 Å². The zero-order valence-electron chi connectivity index (χ0n) is 21.7. The van der Waals surface area contributed by atoms with Crippen LogP contribution in [0.2, 0.25) is 0 Å². The van der Waals surface area contributed by atoms with E-state index in [1.807, 2.05) is 6.92 Å². The monoisotopic (exact) mass is 444 g/mol. The van der Waals surface area contributed by atoms with Gasteiger partial charge in [0.05, 0.1) is 18.3 Å². The zero-order chi connectivity index (χ0) is 23.3. The number of rotatable bonds is 9. The lowest BCUT2D eigenvalue weighted by atomic mass is 9.60. The number of hydrogen-bond donors (Lipinski definition) is 0. The first-order valence-corrected chi connectivity index (χ1v) is 13.2. The standard InChI is InChI=1S/C29H48O3/c1-20(2)23-8-14-27(15-9-23)31-22(5)32-28-18-12-25(13-19-28)29(6,7)24-10-16-26(17-11-24)30-21(3)4/h8-9,14-15,20-22,24-26,28H,10-13,16-19H2,1-7H3. The molecule has 2 aliphatic carbocycles. The predicted octanol–water partition coefficient (Wildman–Crippen LogP) is 8.12. The minimum absolute atomic E-state index is 0.203. The molecule has 3 rings (SSSR count). The molecule has 0 N–H and O–H groups in total. The SMILES string of the molecule is CC(C)OC1CCC(C(C)(C)C2CCC(OC(C)Oc3ccc(C(C)C)cc3)CC2)CC1. The van der Waals surface area contributed by atoms with Gasteiger partial charge in [0.2, 0.25) is 0 Å². The molecule has 0 radical (unpaired) electrons. The van der Waals surface area contributed by atoms with E-state index in [-0.39, 0.29) is 6.29 Å². The average Bonchev–Trinajstić information content (AvgIpc) is 2.74. The Morgan fingerprint density at radius 1 is 0.688 bits per heavy atom. The highest BCUT2D eigenvalue weighted by Gasteiger charge is 2.41. The molecule has 1 unspecified atom stereocenters. The summed E-state index contributed by atoms with van der Waals surface area (Å²) in [6.45, 7) is 15.8. The van der Waals surface area contributed by atoms with Gasteiger partial charge < -0.3 is 14.2 Å². The Hall–Kier alpha value is -1.06.